The summed E-state index contributed by atoms with van der Waals surface area (Å²) in [6, 6.07) is 15.7. The number of carbonyl (C=O) groups excluding carboxylic acids is 1. The Morgan fingerprint density at radius 1 is 1.08 bits per heavy atom. The van der Waals surface area contributed by atoms with Gasteiger partial charge in [-0.05, 0) is 60.6 Å². The number of nitrogens with one attached hydrogen (secondary N) is 1. The van der Waals surface area contributed by atoms with Crippen LogP contribution in [0.15, 0.2) is 65.7 Å². The molecule has 1 saturated heterocycles. The third-order valence-corrected chi connectivity index (χ3v) is 8.50. The topological polar surface area (TPSA) is 140 Å². The Kier molecular flexibility index (Phi) is 7.19. The summed E-state index contributed by atoms with van der Waals surface area (Å²) >= 11 is 0. The second kappa shape index (κ2) is 10.6. The Morgan fingerprint density at radius 2 is 1.74 bits per heavy atom. The van der Waals surface area contributed by atoms with Gasteiger partial charge in [-0.1, -0.05) is 31.2 Å². The highest BCUT2D eigenvalue weighted by molar-refractivity contribution is 7.88. The summed E-state index contributed by atoms with van der Waals surface area (Å²) in [6.45, 7) is 3.11. The molecule has 39 heavy (non-hydrogen) atoms. The fourth-order valence-corrected chi connectivity index (χ4v) is 5.80. The molecule has 11 heteroatoms. The Morgan fingerprint density at radius 3 is 2.33 bits per heavy atom. The van der Waals surface area contributed by atoms with Gasteiger partial charge in [-0.25, -0.2) is 17.7 Å². The normalized spacial score (nSPS) is 14.9. The second-order valence-corrected chi connectivity index (χ2v) is 11.7. The molecule has 4 aromatic rings. The number of carbonyl (C=O) groups is 1. The van der Waals surface area contributed by atoms with Gasteiger partial charge in [-0.15, -0.1) is 0 Å². The number of nitrogens with two attached hydrogens (primary N) is 1. The molecule has 0 unspecified atom stereocenters. The Balaban J connectivity index is 1.43. The van der Waals surface area contributed by atoms with Crippen molar-refractivity contribution in [1.29, 1.82) is 0 Å². The number of sulfonamides is 1. The first-order valence-corrected chi connectivity index (χ1v) is 14.6. The summed E-state index contributed by atoms with van der Waals surface area (Å²) < 4.78 is 26.8. The van der Waals surface area contributed by atoms with Crippen LogP contribution in [0.1, 0.15) is 47.2 Å². The Bertz CT molecular complexity index is 1690. The number of aryl methyl sites for hydroxylation is 1. The van der Waals surface area contributed by atoms with Crippen molar-refractivity contribution in [3.05, 3.63) is 87.8 Å². The van der Waals surface area contributed by atoms with Gasteiger partial charge in [0.25, 0.3) is 5.91 Å². The van der Waals surface area contributed by atoms with E-state index in [1.54, 1.807) is 4.57 Å². The summed E-state index contributed by atoms with van der Waals surface area (Å²) in [6.07, 6.45) is 6.51. The van der Waals surface area contributed by atoms with Gasteiger partial charge in [0, 0.05) is 36.9 Å². The molecule has 2 aromatic carbocycles. The van der Waals surface area contributed by atoms with Crippen LogP contribution in [0.3, 0.4) is 0 Å². The summed E-state index contributed by atoms with van der Waals surface area (Å²) in [7, 11) is -3.16. The maximum atomic E-state index is 12.9. The van der Waals surface area contributed by atoms with Crippen LogP contribution in [0.5, 0.6) is 0 Å². The molecule has 0 atom stereocenters. The Hall–Kier alpha value is -4.09. The number of pyridine rings is 1. The summed E-state index contributed by atoms with van der Waals surface area (Å²) in [4.78, 5) is 33.9. The average Bonchev–Trinajstić information content (AvgIpc) is 2.93. The first-order valence-electron chi connectivity index (χ1n) is 12.8. The number of anilines is 2. The van der Waals surface area contributed by atoms with Crippen LogP contribution in [0.4, 0.5) is 11.6 Å². The van der Waals surface area contributed by atoms with Gasteiger partial charge in [-0.3, -0.25) is 9.59 Å². The number of amides is 1. The van der Waals surface area contributed by atoms with Gasteiger partial charge in [0.05, 0.1) is 11.6 Å². The number of hydrogen-bond donors (Lipinski definition) is 2. The van der Waals surface area contributed by atoms with E-state index < -0.39 is 21.4 Å². The number of primary amides is 1. The lowest BCUT2D eigenvalue weighted by Gasteiger charge is -2.30. The van der Waals surface area contributed by atoms with Crippen LogP contribution in [0, 0.1) is 0 Å². The molecule has 0 radical (unpaired) electrons. The van der Waals surface area contributed by atoms with Gasteiger partial charge in [-0.2, -0.15) is 4.98 Å². The molecule has 1 amide bonds. The minimum absolute atomic E-state index is 0.135. The maximum absolute atomic E-state index is 12.9. The van der Waals surface area contributed by atoms with Crippen molar-refractivity contribution in [2.45, 2.75) is 32.1 Å². The predicted octanol–water partition coefficient (Wildman–Crippen LogP) is 3.32. The third-order valence-electron chi connectivity index (χ3n) is 7.19. The predicted molar refractivity (Wildman–Crippen MR) is 151 cm³/mol. The molecule has 0 saturated carbocycles. The SMILES string of the molecule is CCc1ccc(-n2cc(C(N)=O)c(=O)c3cnc(Nc4ccc(C5CCN(S(C)(=O)=O)CC5)cc4)nc32)cc1. The number of rotatable bonds is 7. The highest BCUT2D eigenvalue weighted by atomic mass is 32.2. The van der Waals surface area contributed by atoms with E-state index >= 15 is 0 Å². The van der Waals surface area contributed by atoms with Crippen LogP contribution in [0.2, 0.25) is 0 Å². The second-order valence-electron chi connectivity index (χ2n) is 9.74. The zero-order valence-corrected chi connectivity index (χ0v) is 22.6. The summed E-state index contributed by atoms with van der Waals surface area (Å²) in [5.41, 5.74) is 8.98. The smallest absolute Gasteiger partial charge is 0.254 e. The molecule has 0 spiro atoms. The quantitative estimate of drug-likeness (QED) is 0.362. The van der Waals surface area contributed by atoms with Crippen LogP contribution in [0.25, 0.3) is 16.7 Å². The van der Waals surface area contributed by atoms with Crippen LogP contribution >= 0.6 is 0 Å². The molecule has 0 bridgehead atoms. The molecule has 1 fully saturated rings. The lowest BCUT2D eigenvalue weighted by molar-refractivity contribution is 0.0999. The first-order chi connectivity index (χ1) is 18.6. The van der Waals surface area contributed by atoms with Gasteiger partial charge in [0.1, 0.15) is 5.56 Å². The van der Waals surface area contributed by atoms with E-state index in [0.29, 0.717) is 30.6 Å². The number of hydrogen-bond acceptors (Lipinski definition) is 7. The van der Waals surface area contributed by atoms with Crippen molar-refractivity contribution in [2.75, 3.05) is 24.7 Å². The molecular formula is C28H30N6O4S. The zero-order chi connectivity index (χ0) is 27.7. The summed E-state index contributed by atoms with van der Waals surface area (Å²) in [5.74, 6) is -0.228. The molecule has 3 N–H and O–H groups in total. The molecule has 5 rings (SSSR count). The van der Waals surface area contributed by atoms with Crippen molar-refractivity contribution in [3.8, 4) is 5.69 Å². The van der Waals surface area contributed by atoms with E-state index in [1.807, 2.05) is 48.5 Å². The van der Waals surface area contributed by atoms with E-state index in [2.05, 4.69) is 22.2 Å². The minimum atomic E-state index is -3.16. The molecule has 0 aliphatic carbocycles. The molecule has 1 aliphatic heterocycles. The zero-order valence-electron chi connectivity index (χ0n) is 21.8. The highest BCUT2D eigenvalue weighted by Crippen LogP contribution is 2.30. The number of nitrogens with zero attached hydrogens (tertiary/aromatic N) is 4. The standard InChI is InChI=1S/C28H30N6O4S/c1-3-18-4-10-22(11-5-18)34-17-24(26(29)36)25(35)23-16-30-28(32-27(23)34)31-21-8-6-19(7-9-21)20-12-14-33(15-13-20)39(2,37)38/h4-11,16-17,20H,3,12-15H2,1-2H3,(H2,29,36)(H,30,31,32). The molecule has 3 heterocycles. The van der Waals surface area contributed by atoms with Gasteiger partial charge in [0.2, 0.25) is 21.4 Å². The number of fused-ring (bicyclic) bond motifs is 1. The van der Waals surface area contributed by atoms with Crippen LogP contribution < -0.4 is 16.5 Å². The molecular weight excluding hydrogens is 516 g/mol. The number of aromatic nitrogens is 3. The fraction of sp³-hybridized carbons (Fsp3) is 0.286. The monoisotopic (exact) mass is 546 g/mol. The molecule has 2 aromatic heterocycles. The Labute approximate surface area is 226 Å². The fourth-order valence-electron chi connectivity index (χ4n) is 4.92. The lowest BCUT2D eigenvalue weighted by Crippen LogP contribution is -2.37. The first kappa shape index (κ1) is 26.5. The van der Waals surface area contributed by atoms with E-state index in [9.17, 15) is 18.0 Å². The van der Waals surface area contributed by atoms with E-state index in [0.717, 1.165) is 41.8 Å². The van der Waals surface area contributed by atoms with Crippen molar-refractivity contribution < 1.29 is 13.2 Å². The van der Waals surface area contributed by atoms with Gasteiger partial charge >= 0.3 is 0 Å². The van der Waals surface area contributed by atoms with Crippen molar-refractivity contribution in [1.82, 2.24) is 18.8 Å². The largest absolute Gasteiger partial charge is 0.365 e. The third kappa shape index (κ3) is 5.55. The minimum Gasteiger partial charge on any atom is -0.365 e. The molecule has 202 valence electrons. The van der Waals surface area contributed by atoms with E-state index in [1.165, 1.54) is 23.0 Å². The van der Waals surface area contributed by atoms with Crippen molar-refractivity contribution >= 4 is 38.6 Å². The average molecular weight is 547 g/mol. The number of piperidine rings is 1. The van der Waals surface area contributed by atoms with Crippen molar-refractivity contribution in [2.24, 2.45) is 5.73 Å². The van der Waals surface area contributed by atoms with Crippen molar-refractivity contribution in [3.63, 3.8) is 0 Å². The maximum Gasteiger partial charge on any atom is 0.254 e. The number of benzene rings is 2. The van der Waals surface area contributed by atoms with Gasteiger partial charge in [0.15, 0.2) is 5.65 Å². The van der Waals surface area contributed by atoms with Crippen LogP contribution in [-0.4, -0.2) is 52.5 Å². The summed E-state index contributed by atoms with van der Waals surface area (Å²) in [5, 5.41) is 3.38. The molecule has 10 nitrogen and oxygen atoms in total. The van der Waals surface area contributed by atoms with E-state index in [4.69, 9.17) is 5.73 Å². The lowest BCUT2D eigenvalue weighted by atomic mass is 9.90. The highest BCUT2D eigenvalue weighted by Gasteiger charge is 2.25. The molecule has 1 aliphatic rings. The van der Waals surface area contributed by atoms with Crippen LogP contribution in [-0.2, 0) is 16.4 Å². The van der Waals surface area contributed by atoms with E-state index in [-0.39, 0.29) is 10.9 Å². The van der Waals surface area contributed by atoms with Gasteiger partial charge < -0.3 is 15.6 Å².